The van der Waals surface area contributed by atoms with Crippen molar-refractivity contribution in [3.63, 3.8) is 0 Å². The third-order valence-electron chi connectivity index (χ3n) is 4.03. The first-order valence-corrected chi connectivity index (χ1v) is 7.97. The van der Waals surface area contributed by atoms with Gasteiger partial charge in [-0.3, -0.25) is 14.9 Å². The molecule has 1 heterocycles. The number of carbonyl (C=O) groups excluding carboxylic acids is 2. The van der Waals surface area contributed by atoms with E-state index >= 15 is 0 Å². The lowest BCUT2D eigenvalue weighted by molar-refractivity contribution is -0.134. The van der Waals surface area contributed by atoms with Crippen LogP contribution in [0, 0.1) is 0 Å². The second kappa shape index (κ2) is 6.81. The highest BCUT2D eigenvalue weighted by molar-refractivity contribution is 5.95. The topological polar surface area (TPSA) is 81.4 Å². The fraction of sp³-hybridized carbons (Fsp3) is 0.556. The summed E-state index contributed by atoms with van der Waals surface area (Å²) < 4.78 is 4.99. The Balaban J connectivity index is 1.76. The van der Waals surface area contributed by atoms with Crippen LogP contribution in [0.25, 0.3) is 0 Å². The summed E-state index contributed by atoms with van der Waals surface area (Å²) in [5.74, 6) is -0.595. The van der Waals surface area contributed by atoms with Gasteiger partial charge in [0.25, 0.3) is 0 Å². The molecule has 1 fully saturated rings. The summed E-state index contributed by atoms with van der Waals surface area (Å²) in [7, 11) is 0. The van der Waals surface area contributed by atoms with Crippen molar-refractivity contribution in [3.05, 3.63) is 35.4 Å². The lowest BCUT2D eigenvalue weighted by atomic mass is 9.86. The van der Waals surface area contributed by atoms with Gasteiger partial charge in [-0.1, -0.05) is 45.0 Å². The summed E-state index contributed by atoms with van der Waals surface area (Å²) in [4.78, 5) is 23.6. The molecule has 0 atom stereocenters. The zero-order valence-corrected chi connectivity index (χ0v) is 14.1. The van der Waals surface area contributed by atoms with Crippen LogP contribution < -0.4 is 11.1 Å². The predicted octanol–water partition coefficient (Wildman–Crippen LogP) is 1.68. The molecule has 0 aliphatic carbocycles. The first-order valence-electron chi connectivity index (χ1n) is 7.97. The second-order valence-corrected chi connectivity index (χ2v) is 7.45. The van der Waals surface area contributed by atoms with Crippen molar-refractivity contribution in [1.29, 1.82) is 0 Å². The lowest BCUT2D eigenvalue weighted by Gasteiger charge is -2.36. The molecule has 0 spiro atoms. The molecule has 0 bridgehead atoms. The van der Waals surface area contributed by atoms with Gasteiger partial charge in [-0.2, -0.15) is 0 Å². The Labute approximate surface area is 137 Å². The van der Waals surface area contributed by atoms with Gasteiger partial charge in [0, 0.05) is 12.8 Å². The number of nitrogens with one attached hydrogen (secondary N) is 1. The van der Waals surface area contributed by atoms with E-state index < -0.39 is 5.54 Å². The van der Waals surface area contributed by atoms with E-state index in [0.29, 0.717) is 19.6 Å². The van der Waals surface area contributed by atoms with Crippen molar-refractivity contribution in [3.8, 4) is 0 Å². The summed E-state index contributed by atoms with van der Waals surface area (Å²) in [5.41, 5.74) is 7.76. The van der Waals surface area contributed by atoms with Crippen LogP contribution in [-0.2, 0) is 26.2 Å². The van der Waals surface area contributed by atoms with Crippen LogP contribution in [-0.4, -0.2) is 30.6 Å². The zero-order valence-electron chi connectivity index (χ0n) is 14.1. The summed E-state index contributed by atoms with van der Waals surface area (Å²) >= 11 is 0. The van der Waals surface area contributed by atoms with Crippen LogP contribution in [0.15, 0.2) is 24.3 Å². The van der Waals surface area contributed by atoms with E-state index in [1.165, 1.54) is 5.56 Å². The van der Waals surface area contributed by atoms with Crippen LogP contribution >= 0.6 is 0 Å². The molecule has 0 saturated carbocycles. The van der Waals surface area contributed by atoms with Crippen LogP contribution in [0.5, 0.6) is 0 Å². The Morgan fingerprint density at radius 1 is 1.17 bits per heavy atom. The molecule has 3 N–H and O–H groups in total. The third kappa shape index (κ3) is 5.15. The predicted molar refractivity (Wildman–Crippen MR) is 89.0 cm³/mol. The van der Waals surface area contributed by atoms with Crippen LogP contribution in [0.4, 0.5) is 0 Å². The van der Waals surface area contributed by atoms with Gasteiger partial charge in [0.2, 0.25) is 11.8 Å². The molecule has 0 aromatic heterocycles. The van der Waals surface area contributed by atoms with E-state index in [9.17, 15) is 9.59 Å². The third-order valence-corrected chi connectivity index (χ3v) is 4.03. The number of amides is 2. The Hall–Kier alpha value is -1.72. The minimum atomic E-state index is -0.604. The molecule has 1 aliphatic heterocycles. The average Bonchev–Trinajstić information content (AvgIpc) is 2.43. The number of hydrogen-bond acceptors (Lipinski definition) is 4. The van der Waals surface area contributed by atoms with Crippen molar-refractivity contribution < 1.29 is 14.3 Å². The number of ether oxygens (including phenoxy) is 1. The maximum atomic E-state index is 11.8. The molecule has 0 radical (unpaired) electrons. The molecule has 5 nitrogen and oxygen atoms in total. The van der Waals surface area contributed by atoms with Gasteiger partial charge in [0.15, 0.2) is 0 Å². The highest BCUT2D eigenvalue weighted by atomic mass is 16.5. The molecule has 1 aliphatic rings. The normalized spacial score (nSPS) is 16.5. The van der Waals surface area contributed by atoms with Crippen molar-refractivity contribution in [1.82, 2.24) is 5.32 Å². The van der Waals surface area contributed by atoms with E-state index in [2.05, 4.69) is 38.2 Å². The smallest absolute Gasteiger partial charge is 0.228 e. The van der Waals surface area contributed by atoms with Crippen LogP contribution in [0.2, 0.25) is 0 Å². The number of benzene rings is 1. The number of aryl methyl sites for hydroxylation is 1. The quantitative estimate of drug-likeness (QED) is 0.865. The molecule has 2 amide bonds. The van der Waals surface area contributed by atoms with Gasteiger partial charge in [0.1, 0.15) is 0 Å². The van der Waals surface area contributed by atoms with Crippen LogP contribution in [0.1, 0.15) is 44.7 Å². The fourth-order valence-corrected chi connectivity index (χ4v) is 2.48. The molecular weight excluding hydrogens is 292 g/mol. The van der Waals surface area contributed by atoms with Gasteiger partial charge in [-0.25, -0.2) is 0 Å². The van der Waals surface area contributed by atoms with Crippen molar-refractivity contribution in [2.45, 2.75) is 51.0 Å². The maximum Gasteiger partial charge on any atom is 0.228 e. The van der Waals surface area contributed by atoms with Gasteiger partial charge in [-0.05, 0) is 23.0 Å². The van der Waals surface area contributed by atoms with Gasteiger partial charge < -0.3 is 10.5 Å². The largest absolute Gasteiger partial charge is 0.377 e. The highest BCUT2D eigenvalue weighted by Gasteiger charge is 2.36. The molecule has 0 unspecified atom stereocenters. The SMILES string of the molecule is CC(C)(C)c1ccc(CCC(=O)NC(=O)CC2(N)COC2)cc1. The average molecular weight is 318 g/mol. The molecule has 126 valence electrons. The number of rotatable bonds is 5. The monoisotopic (exact) mass is 318 g/mol. The molecule has 1 aromatic carbocycles. The maximum absolute atomic E-state index is 11.8. The highest BCUT2D eigenvalue weighted by Crippen LogP contribution is 2.22. The van der Waals surface area contributed by atoms with Crippen LogP contribution in [0.3, 0.4) is 0 Å². The molecule has 1 aromatic rings. The molecule has 2 rings (SSSR count). The van der Waals surface area contributed by atoms with Gasteiger partial charge in [0.05, 0.1) is 18.8 Å². The minimum Gasteiger partial charge on any atom is -0.377 e. The van der Waals surface area contributed by atoms with E-state index in [0.717, 1.165) is 5.56 Å². The molecular formula is C18H26N2O3. The van der Waals surface area contributed by atoms with E-state index in [1.807, 2.05) is 12.1 Å². The zero-order chi connectivity index (χ0) is 17.1. The van der Waals surface area contributed by atoms with Gasteiger partial charge >= 0.3 is 0 Å². The Morgan fingerprint density at radius 3 is 2.26 bits per heavy atom. The van der Waals surface area contributed by atoms with Crippen molar-refractivity contribution in [2.24, 2.45) is 5.73 Å². The molecule has 5 heteroatoms. The molecule has 1 saturated heterocycles. The lowest BCUT2D eigenvalue weighted by Crippen LogP contribution is -2.59. The summed E-state index contributed by atoms with van der Waals surface area (Å²) in [6.45, 7) is 7.23. The van der Waals surface area contributed by atoms with E-state index in [-0.39, 0.29) is 30.1 Å². The van der Waals surface area contributed by atoms with Gasteiger partial charge in [-0.15, -0.1) is 0 Å². The first-order chi connectivity index (χ1) is 10.7. The van der Waals surface area contributed by atoms with Crippen molar-refractivity contribution in [2.75, 3.05) is 13.2 Å². The summed E-state index contributed by atoms with van der Waals surface area (Å²) in [6, 6.07) is 8.26. The second-order valence-electron chi connectivity index (χ2n) is 7.45. The van der Waals surface area contributed by atoms with E-state index in [4.69, 9.17) is 10.5 Å². The number of imide groups is 1. The standard InChI is InChI=1S/C18H26N2O3/c1-17(2,3)14-7-4-13(5-8-14)6-9-15(21)20-16(22)10-18(19)11-23-12-18/h4-5,7-8H,6,9-12,19H2,1-3H3,(H,20,21,22). The first kappa shape index (κ1) is 17.6. The van der Waals surface area contributed by atoms with Crippen molar-refractivity contribution >= 4 is 11.8 Å². The Bertz CT molecular complexity index is 569. The molecule has 23 heavy (non-hydrogen) atoms. The minimum absolute atomic E-state index is 0.117. The summed E-state index contributed by atoms with van der Waals surface area (Å²) in [6.07, 6.45) is 1.02. The van der Waals surface area contributed by atoms with E-state index in [1.54, 1.807) is 0 Å². The number of carbonyl (C=O) groups is 2. The fourth-order valence-electron chi connectivity index (χ4n) is 2.48. The summed E-state index contributed by atoms with van der Waals surface area (Å²) in [5, 5.41) is 2.40. The number of hydrogen-bond donors (Lipinski definition) is 2. The Kier molecular flexibility index (Phi) is 5.22. The number of nitrogens with two attached hydrogens (primary N) is 1. The Morgan fingerprint density at radius 2 is 1.78 bits per heavy atom.